The third-order valence-corrected chi connectivity index (χ3v) is 12.3. The van der Waals surface area contributed by atoms with E-state index in [0.29, 0.717) is 28.4 Å². The molecule has 0 saturated carbocycles. The number of rotatable bonds is 12. The molecule has 1 aliphatic rings. The minimum absolute atomic E-state index is 0.278. The number of piperazine rings is 1. The van der Waals surface area contributed by atoms with E-state index in [1.807, 2.05) is 42.6 Å². The van der Waals surface area contributed by atoms with E-state index < -0.39 is 14.6 Å². The van der Waals surface area contributed by atoms with Gasteiger partial charge in [-0.05, 0) is 82.3 Å². The maximum Gasteiger partial charge on any atom is 0.204 e. The highest BCUT2D eigenvalue weighted by Crippen LogP contribution is 2.40. The predicted octanol–water partition coefficient (Wildman–Crippen LogP) is 4.87. The fourth-order valence-corrected chi connectivity index (χ4v) is 8.31. The molecule has 1 saturated heterocycles. The van der Waals surface area contributed by atoms with Crippen LogP contribution in [-0.2, 0) is 14.6 Å². The Hall–Kier alpha value is -3.17. The lowest BCUT2D eigenvalue weighted by atomic mass is 10.2. The van der Waals surface area contributed by atoms with Crippen LogP contribution in [0, 0.1) is 6.92 Å². The highest BCUT2D eigenvalue weighted by molar-refractivity contribution is 7.99. The van der Waals surface area contributed by atoms with Crippen molar-refractivity contribution < 1.29 is 13.2 Å². The number of aromatic nitrogens is 4. The number of thiophene rings is 1. The van der Waals surface area contributed by atoms with Gasteiger partial charge in [-0.1, -0.05) is 6.07 Å². The first-order chi connectivity index (χ1) is 21.0. The van der Waals surface area contributed by atoms with E-state index in [1.165, 1.54) is 23.1 Å². The van der Waals surface area contributed by atoms with E-state index in [1.54, 1.807) is 33.1 Å². The lowest BCUT2D eigenvalue weighted by Gasteiger charge is -2.36. The van der Waals surface area contributed by atoms with E-state index in [4.69, 9.17) is 14.7 Å². The van der Waals surface area contributed by atoms with Crippen molar-refractivity contribution in [3.8, 4) is 5.75 Å². The van der Waals surface area contributed by atoms with Gasteiger partial charge in [-0.2, -0.15) is 5.10 Å². The summed E-state index contributed by atoms with van der Waals surface area (Å²) in [6, 6.07) is 12.6. The molecule has 0 atom stereocenters. The Morgan fingerprint density at radius 1 is 1.11 bits per heavy atom. The van der Waals surface area contributed by atoms with Crippen LogP contribution in [0.15, 0.2) is 62.8 Å². The number of hydrogen-bond donors (Lipinski definition) is 2. The van der Waals surface area contributed by atoms with Gasteiger partial charge in [-0.15, -0.1) is 11.3 Å². The van der Waals surface area contributed by atoms with Gasteiger partial charge in [-0.3, -0.25) is 10.00 Å². The summed E-state index contributed by atoms with van der Waals surface area (Å²) < 4.78 is 32.0. The smallest absolute Gasteiger partial charge is 0.204 e. The molecule has 0 bridgehead atoms. The van der Waals surface area contributed by atoms with Crippen LogP contribution in [0.1, 0.15) is 24.4 Å². The van der Waals surface area contributed by atoms with Crippen molar-refractivity contribution in [3.05, 3.63) is 58.4 Å². The molecule has 1 aromatic carbocycles. The van der Waals surface area contributed by atoms with Crippen LogP contribution >= 0.6 is 23.1 Å². The number of nitrogens with zero attached hydrogens (tertiary/aromatic N) is 6. The van der Waals surface area contributed by atoms with Gasteiger partial charge in [0, 0.05) is 60.8 Å². The molecule has 0 radical (unpaired) electrons. The number of nitrogens with one attached hydrogen (secondary N) is 2. The number of H-pyrrole nitrogens is 1. The van der Waals surface area contributed by atoms with Crippen molar-refractivity contribution in [2.24, 2.45) is 0 Å². The van der Waals surface area contributed by atoms with Crippen LogP contribution in [-0.4, -0.2) is 98.9 Å². The number of aryl methyl sites for hydroxylation is 1. The van der Waals surface area contributed by atoms with Crippen LogP contribution in [0.3, 0.4) is 0 Å². The molecule has 4 heterocycles. The zero-order valence-corrected chi connectivity index (χ0v) is 28.4. The molecule has 0 aliphatic carbocycles. The topological polar surface area (TPSA) is 120 Å². The third kappa shape index (κ3) is 7.04. The molecular weight excluding hydrogens is 617 g/mol. The Bertz CT molecular complexity index is 1650. The minimum atomic E-state index is -3.61. The lowest BCUT2D eigenvalue weighted by Crippen LogP contribution is -2.48. The van der Waals surface area contributed by atoms with E-state index in [0.717, 1.165) is 54.7 Å². The molecule has 0 unspecified atom stereocenters. The minimum Gasteiger partial charge on any atom is -0.490 e. The second kappa shape index (κ2) is 13.4. The van der Waals surface area contributed by atoms with E-state index in [2.05, 4.69) is 44.3 Å². The Morgan fingerprint density at radius 2 is 1.84 bits per heavy atom. The Labute approximate surface area is 268 Å². The maximum atomic E-state index is 13.6. The average molecular weight is 657 g/mol. The van der Waals surface area contributed by atoms with Gasteiger partial charge < -0.3 is 19.9 Å². The van der Waals surface area contributed by atoms with Gasteiger partial charge in [0.05, 0.1) is 12.0 Å². The molecule has 44 heavy (non-hydrogen) atoms. The van der Waals surface area contributed by atoms with Crippen LogP contribution in [0.5, 0.6) is 5.75 Å². The van der Waals surface area contributed by atoms with Crippen LogP contribution in [0.4, 0.5) is 17.5 Å². The van der Waals surface area contributed by atoms with E-state index >= 15 is 0 Å². The Kier molecular flexibility index (Phi) is 9.85. The second-order valence-corrected chi connectivity index (χ2v) is 16.0. The quantitative estimate of drug-likeness (QED) is 0.203. The molecule has 14 heteroatoms. The summed E-state index contributed by atoms with van der Waals surface area (Å²) in [7, 11) is 2.20. The van der Waals surface area contributed by atoms with Gasteiger partial charge in [-0.25, -0.2) is 18.4 Å². The summed E-state index contributed by atoms with van der Waals surface area (Å²) in [4.78, 5) is 18.6. The first-order valence-corrected chi connectivity index (χ1v) is 17.6. The third-order valence-electron chi connectivity index (χ3n) is 7.65. The van der Waals surface area contributed by atoms with E-state index in [9.17, 15) is 8.42 Å². The SMILES string of the molecule is COc1c(Nc2cc(C)[nH]n2)nc(Sc2ccc(S(=O)(=O)C(C)(C)c3cccs3)cc2)nc1N1CCN(CCN(C)C)CC1. The second-order valence-electron chi connectivity index (χ2n) is 11.5. The van der Waals surface area contributed by atoms with Gasteiger partial charge in [0.15, 0.2) is 32.4 Å². The summed E-state index contributed by atoms with van der Waals surface area (Å²) in [6.07, 6.45) is 0. The number of anilines is 3. The first-order valence-electron chi connectivity index (χ1n) is 14.4. The highest BCUT2D eigenvalue weighted by Gasteiger charge is 2.38. The van der Waals surface area contributed by atoms with Crippen molar-refractivity contribution in [2.75, 3.05) is 70.7 Å². The summed E-state index contributed by atoms with van der Waals surface area (Å²) in [5.74, 6) is 2.40. The number of sulfone groups is 1. The lowest BCUT2D eigenvalue weighted by molar-refractivity contribution is 0.228. The zero-order valence-electron chi connectivity index (χ0n) is 26.0. The summed E-state index contributed by atoms with van der Waals surface area (Å²) >= 11 is 2.82. The molecule has 1 aliphatic heterocycles. The van der Waals surface area contributed by atoms with Crippen LogP contribution in [0.2, 0.25) is 0 Å². The maximum absolute atomic E-state index is 13.6. The number of aromatic amines is 1. The molecular formula is C30H40N8O3S3. The van der Waals surface area contributed by atoms with E-state index in [-0.39, 0.29) is 4.90 Å². The van der Waals surface area contributed by atoms with Crippen molar-refractivity contribution >= 4 is 50.4 Å². The fraction of sp³-hybridized carbons (Fsp3) is 0.433. The molecule has 236 valence electrons. The van der Waals surface area contributed by atoms with Gasteiger partial charge >= 0.3 is 0 Å². The number of hydrogen-bond acceptors (Lipinski definition) is 12. The summed E-state index contributed by atoms with van der Waals surface area (Å²) in [5.41, 5.74) is 0.918. The fourth-order valence-electron chi connectivity index (χ4n) is 4.92. The molecule has 0 spiro atoms. The average Bonchev–Trinajstić information content (AvgIpc) is 3.69. The summed E-state index contributed by atoms with van der Waals surface area (Å²) in [5, 5.41) is 13.0. The predicted molar refractivity (Wildman–Crippen MR) is 177 cm³/mol. The van der Waals surface area contributed by atoms with Crippen molar-refractivity contribution in [3.63, 3.8) is 0 Å². The molecule has 0 amide bonds. The van der Waals surface area contributed by atoms with Gasteiger partial charge in [0.2, 0.25) is 5.75 Å². The number of ether oxygens (including phenoxy) is 1. The number of benzene rings is 1. The Morgan fingerprint density at radius 3 is 2.43 bits per heavy atom. The van der Waals surface area contributed by atoms with Gasteiger partial charge in [0.25, 0.3) is 0 Å². The standard InChI is InChI=1S/C30H40N8O3S3/c1-21-20-25(35-34-21)31-27-26(41-6)28(38-17-15-37(16-18-38)14-13-36(4)5)33-29(32-27)43-22-9-11-23(12-10-22)44(39,40)30(2,3)24-8-7-19-42-24/h7-12,19-20H,13-18H2,1-6H3,(H2,31,32,33,34,35). The molecule has 5 rings (SSSR count). The number of likely N-dealkylation sites (N-methyl/N-ethyl adjacent to an activating group) is 1. The molecule has 1 fully saturated rings. The van der Waals surface area contributed by atoms with Crippen molar-refractivity contribution in [2.45, 2.75) is 40.5 Å². The van der Waals surface area contributed by atoms with Crippen LogP contribution in [0.25, 0.3) is 0 Å². The molecule has 11 nitrogen and oxygen atoms in total. The molecule has 4 aromatic rings. The molecule has 3 aromatic heterocycles. The zero-order chi connectivity index (χ0) is 31.5. The van der Waals surface area contributed by atoms with Crippen molar-refractivity contribution in [1.82, 2.24) is 30.0 Å². The van der Waals surface area contributed by atoms with Crippen molar-refractivity contribution in [1.29, 1.82) is 0 Å². The largest absolute Gasteiger partial charge is 0.490 e. The normalized spacial score (nSPS) is 14.8. The molecule has 2 N–H and O–H groups in total. The first kappa shape index (κ1) is 32.2. The Balaban J connectivity index is 1.42. The highest BCUT2D eigenvalue weighted by atomic mass is 32.2. The summed E-state index contributed by atoms with van der Waals surface area (Å²) in [6.45, 7) is 10.9. The van der Waals surface area contributed by atoms with Crippen LogP contribution < -0.4 is 15.0 Å². The van der Waals surface area contributed by atoms with Gasteiger partial charge in [0.1, 0.15) is 4.75 Å². The number of methoxy groups -OCH3 is 1. The monoisotopic (exact) mass is 656 g/mol.